The molecule has 0 bridgehead atoms. The lowest BCUT2D eigenvalue weighted by molar-refractivity contribution is -0.693. The van der Waals surface area contributed by atoms with E-state index >= 15 is 0 Å². The summed E-state index contributed by atoms with van der Waals surface area (Å²) in [6.45, 7) is 12.6. The SMILES string of the molecule is C=CC[n+]1ccc(C)c(C=C)c1C. The molecule has 0 aromatic carbocycles. The summed E-state index contributed by atoms with van der Waals surface area (Å²) in [6, 6.07) is 2.10. The highest BCUT2D eigenvalue weighted by molar-refractivity contribution is 5.52. The van der Waals surface area contributed by atoms with Crippen LogP contribution in [0.4, 0.5) is 0 Å². The molecule has 1 heterocycles. The summed E-state index contributed by atoms with van der Waals surface area (Å²) in [4.78, 5) is 0. The molecule has 68 valence electrons. The van der Waals surface area contributed by atoms with Crippen LogP contribution in [0.2, 0.25) is 0 Å². The maximum absolute atomic E-state index is 3.81. The summed E-state index contributed by atoms with van der Waals surface area (Å²) in [5.41, 5.74) is 3.74. The third-order valence-corrected chi connectivity index (χ3v) is 2.28. The molecule has 0 N–H and O–H groups in total. The van der Waals surface area contributed by atoms with Gasteiger partial charge in [-0.2, -0.15) is 4.57 Å². The van der Waals surface area contributed by atoms with Crippen molar-refractivity contribution in [1.29, 1.82) is 0 Å². The Hall–Kier alpha value is -1.37. The van der Waals surface area contributed by atoms with Crippen molar-refractivity contribution in [1.82, 2.24) is 0 Å². The fraction of sp³-hybridized carbons (Fsp3) is 0.250. The van der Waals surface area contributed by atoms with Crippen LogP contribution in [0.5, 0.6) is 0 Å². The van der Waals surface area contributed by atoms with Crippen molar-refractivity contribution in [3.63, 3.8) is 0 Å². The average molecular weight is 174 g/mol. The first-order chi connectivity index (χ1) is 6.20. The zero-order valence-corrected chi connectivity index (χ0v) is 8.38. The lowest BCUT2D eigenvalue weighted by atomic mass is 10.1. The van der Waals surface area contributed by atoms with Crippen LogP contribution in [0.1, 0.15) is 16.8 Å². The first kappa shape index (κ1) is 9.72. The second-order valence-corrected chi connectivity index (χ2v) is 3.14. The van der Waals surface area contributed by atoms with Gasteiger partial charge in [-0.3, -0.25) is 0 Å². The summed E-state index contributed by atoms with van der Waals surface area (Å²) < 4.78 is 2.16. The molecule has 0 radical (unpaired) electrons. The summed E-state index contributed by atoms with van der Waals surface area (Å²) in [6.07, 6.45) is 5.89. The number of pyridine rings is 1. The molecular weight excluding hydrogens is 158 g/mol. The van der Waals surface area contributed by atoms with E-state index in [1.807, 2.05) is 12.2 Å². The van der Waals surface area contributed by atoms with Gasteiger partial charge >= 0.3 is 0 Å². The lowest BCUT2D eigenvalue weighted by Crippen LogP contribution is -2.36. The molecule has 0 fully saturated rings. The summed E-state index contributed by atoms with van der Waals surface area (Å²) in [7, 11) is 0. The van der Waals surface area contributed by atoms with Gasteiger partial charge in [0.05, 0.1) is 0 Å². The lowest BCUT2D eigenvalue weighted by Gasteiger charge is -2.03. The van der Waals surface area contributed by atoms with E-state index in [9.17, 15) is 0 Å². The Kier molecular flexibility index (Phi) is 3.02. The maximum atomic E-state index is 3.81. The van der Waals surface area contributed by atoms with Crippen LogP contribution < -0.4 is 4.57 Å². The van der Waals surface area contributed by atoms with Crippen LogP contribution >= 0.6 is 0 Å². The molecular formula is C12H16N+. The van der Waals surface area contributed by atoms with Gasteiger partial charge in [0.25, 0.3) is 0 Å². The monoisotopic (exact) mass is 174 g/mol. The number of nitrogens with zero attached hydrogens (tertiary/aromatic N) is 1. The summed E-state index contributed by atoms with van der Waals surface area (Å²) in [5.74, 6) is 0. The molecule has 0 aliphatic heterocycles. The Morgan fingerprint density at radius 2 is 2.08 bits per heavy atom. The van der Waals surface area contributed by atoms with Crippen molar-refractivity contribution < 1.29 is 4.57 Å². The topological polar surface area (TPSA) is 3.88 Å². The third kappa shape index (κ3) is 1.86. The molecule has 1 nitrogen and oxygen atoms in total. The first-order valence-electron chi connectivity index (χ1n) is 4.43. The standard InChI is InChI=1S/C12H16N/c1-5-8-13-9-7-10(3)12(6-2)11(13)4/h5-7,9H,1-2,8H2,3-4H3/q+1. The first-order valence-corrected chi connectivity index (χ1v) is 4.43. The minimum absolute atomic E-state index is 0.854. The minimum atomic E-state index is 0.854. The average Bonchev–Trinajstić information content (AvgIpc) is 2.11. The highest BCUT2D eigenvalue weighted by Crippen LogP contribution is 2.10. The van der Waals surface area contributed by atoms with Crippen LogP contribution in [-0.2, 0) is 6.54 Å². The second kappa shape index (κ2) is 4.04. The molecule has 0 aliphatic rings. The zero-order valence-electron chi connectivity index (χ0n) is 8.38. The van der Waals surface area contributed by atoms with E-state index in [0.29, 0.717) is 0 Å². The number of hydrogen-bond acceptors (Lipinski definition) is 0. The Bertz CT molecular complexity index is 337. The largest absolute Gasteiger partial charge is 0.198 e. The molecule has 1 aromatic heterocycles. The molecule has 0 aliphatic carbocycles. The predicted molar refractivity (Wildman–Crippen MR) is 56.4 cm³/mol. The second-order valence-electron chi connectivity index (χ2n) is 3.14. The van der Waals surface area contributed by atoms with E-state index in [0.717, 1.165) is 6.54 Å². The van der Waals surface area contributed by atoms with E-state index in [2.05, 4.69) is 43.8 Å². The molecule has 0 spiro atoms. The van der Waals surface area contributed by atoms with Gasteiger partial charge in [-0.25, -0.2) is 0 Å². The molecule has 0 saturated carbocycles. The Morgan fingerprint density at radius 1 is 1.38 bits per heavy atom. The van der Waals surface area contributed by atoms with Gasteiger partial charge in [0, 0.05) is 18.6 Å². The molecule has 0 unspecified atom stereocenters. The van der Waals surface area contributed by atoms with Crippen molar-refractivity contribution >= 4 is 6.08 Å². The Morgan fingerprint density at radius 3 is 2.62 bits per heavy atom. The van der Waals surface area contributed by atoms with Crippen LogP contribution in [0.15, 0.2) is 31.5 Å². The van der Waals surface area contributed by atoms with Crippen molar-refractivity contribution in [2.24, 2.45) is 0 Å². The maximum Gasteiger partial charge on any atom is 0.186 e. The smallest absolute Gasteiger partial charge is 0.186 e. The third-order valence-electron chi connectivity index (χ3n) is 2.28. The van der Waals surface area contributed by atoms with Gasteiger partial charge in [0.2, 0.25) is 0 Å². The van der Waals surface area contributed by atoms with E-state index in [1.165, 1.54) is 16.8 Å². The van der Waals surface area contributed by atoms with Gasteiger partial charge in [-0.1, -0.05) is 19.2 Å². The highest BCUT2D eigenvalue weighted by Gasteiger charge is 2.09. The minimum Gasteiger partial charge on any atom is -0.198 e. The number of hydrogen-bond donors (Lipinski definition) is 0. The molecule has 0 saturated heterocycles. The van der Waals surface area contributed by atoms with Gasteiger partial charge in [0.15, 0.2) is 18.4 Å². The zero-order chi connectivity index (χ0) is 9.84. The fourth-order valence-electron chi connectivity index (χ4n) is 1.49. The van der Waals surface area contributed by atoms with Crippen molar-refractivity contribution in [2.75, 3.05) is 0 Å². The molecule has 0 amide bonds. The summed E-state index contributed by atoms with van der Waals surface area (Å²) >= 11 is 0. The fourth-order valence-corrected chi connectivity index (χ4v) is 1.49. The van der Waals surface area contributed by atoms with Crippen LogP contribution in [0, 0.1) is 13.8 Å². The van der Waals surface area contributed by atoms with Crippen LogP contribution in [0.25, 0.3) is 6.08 Å². The molecule has 1 aromatic rings. The van der Waals surface area contributed by atoms with Gasteiger partial charge in [0.1, 0.15) is 0 Å². The summed E-state index contributed by atoms with van der Waals surface area (Å²) in [5, 5.41) is 0. The van der Waals surface area contributed by atoms with Crippen molar-refractivity contribution in [3.8, 4) is 0 Å². The number of allylic oxidation sites excluding steroid dienone is 1. The van der Waals surface area contributed by atoms with Crippen molar-refractivity contribution in [3.05, 3.63) is 48.3 Å². The predicted octanol–water partition coefficient (Wildman–Crippen LogP) is 2.42. The molecule has 13 heavy (non-hydrogen) atoms. The molecule has 0 atom stereocenters. The van der Waals surface area contributed by atoms with E-state index in [-0.39, 0.29) is 0 Å². The van der Waals surface area contributed by atoms with Gasteiger partial charge in [-0.05, 0) is 18.6 Å². The Labute approximate surface area is 80.0 Å². The normalized spacial score (nSPS) is 9.69. The number of aryl methyl sites for hydroxylation is 1. The van der Waals surface area contributed by atoms with Gasteiger partial charge < -0.3 is 0 Å². The van der Waals surface area contributed by atoms with E-state index in [1.54, 1.807) is 0 Å². The number of aromatic nitrogens is 1. The highest BCUT2D eigenvalue weighted by atomic mass is 14.9. The Balaban J connectivity index is 3.26. The van der Waals surface area contributed by atoms with E-state index < -0.39 is 0 Å². The molecule has 1 heteroatoms. The number of rotatable bonds is 3. The van der Waals surface area contributed by atoms with Crippen LogP contribution in [0.3, 0.4) is 0 Å². The van der Waals surface area contributed by atoms with E-state index in [4.69, 9.17) is 0 Å². The quantitative estimate of drug-likeness (QED) is 0.489. The van der Waals surface area contributed by atoms with Crippen molar-refractivity contribution in [2.45, 2.75) is 20.4 Å². The van der Waals surface area contributed by atoms with Gasteiger partial charge in [-0.15, -0.1) is 0 Å². The molecule has 1 rings (SSSR count). The van der Waals surface area contributed by atoms with Crippen LogP contribution in [-0.4, -0.2) is 0 Å².